The van der Waals surface area contributed by atoms with Crippen LogP contribution in [0.25, 0.3) is 5.76 Å². The Morgan fingerprint density at radius 3 is 2.08 bits per heavy atom. The topological polar surface area (TPSA) is 94.5 Å². The second-order valence-corrected chi connectivity index (χ2v) is 9.62. The van der Waals surface area contributed by atoms with Crippen molar-refractivity contribution >= 4 is 17.4 Å². The van der Waals surface area contributed by atoms with Crippen LogP contribution < -0.4 is 18.9 Å². The van der Waals surface area contributed by atoms with E-state index in [2.05, 4.69) is 13.8 Å². The van der Waals surface area contributed by atoms with Crippen LogP contribution in [0.5, 0.6) is 23.0 Å². The van der Waals surface area contributed by atoms with E-state index in [9.17, 15) is 14.7 Å². The second-order valence-electron chi connectivity index (χ2n) is 9.62. The molecule has 1 saturated heterocycles. The van der Waals surface area contributed by atoms with E-state index in [0.717, 1.165) is 5.56 Å². The number of carbonyl (C=O) groups is 2. The second kappa shape index (κ2) is 11.9. The third-order valence-electron chi connectivity index (χ3n) is 6.49. The summed E-state index contributed by atoms with van der Waals surface area (Å²) in [4.78, 5) is 28.2. The standard InChI is InChI=1S/C31H33NO7/c1-19(2)18-39-24-13-8-21(9-14-24)29(33)27-28(22-10-15-25(37-4)26(16-22)38-5)32(31(35)30(27)34)17-20-6-11-23(36-3)12-7-20/h6-16,19,28,33H,17-18H2,1-5H3/b29-27-. The molecule has 39 heavy (non-hydrogen) atoms. The summed E-state index contributed by atoms with van der Waals surface area (Å²) in [6.07, 6.45) is 0. The van der Waals surface area contributed by atoms with Gasteiger partial charge >= 0.3 is 0 Å². The van der Waals surface area contributed by atoms with Crippen LogP contribution in [0.2, 0.25) is 0 Å². The number of carbonyl (C=O) groups excluding carboxylic acids is 2. The van der Waals surface area contributed by atoms with Crippen LogP contribution in [-0.2, 0) is 16.1 Å². The summed E-state index contributed by atoms with van der Waals surface area (Å²) in [5.74, 6) is 0.906. The zero-order chi connectivity index (χ0) is 28.1. The van der Waals surface area contributed by atoms with Gasteiger partial charge in [0.25, 0.3) is 11.7 Å². The molecule has 8 nitrogen and oxygen atoms in total. The molecule has 0 aromatic heterocycles. The lowest BCUT2D eigenvalue weighted by molar-refractivity contribution is -0.140. The fraction of sp³-hybridized carbons (Fsp3) is 0.290. The van der Waals surface area contributed by atoms with Crippen LogP contribution in [0, 0.1) is 5.92 Å². The lowest BCUT2D eigenvalue weighted by atomic mass is 9.94. The Morgan fingerprint density at radius 1 is 0.846 bits per heavy atom. The third-order valence-corrected chi connectivity index (χ3v) is 6.49. The first-order valence-corrected chi connectivity index (χ1v) is 12.6. The first-order chi connectivity index (χ1) is 18.8. The molecule has 8 heteroatoms. The highest BCUT2D eigenvalue weighted by molar-refractivity contribution is 6.46. The molecule has 1 aliphatic heterocycles. The average Bonchev–Trinajstić information content (AvgIpc) is 3.20. The van der Waals surface area contributed by atoms with E-state index in [1.54, 1.807) is 61.7 Å². The number of hydrogen-bond donors (Lipinski definition) is 1. The van der Waals surface area contributed by atoms with Crippen molar-refractivity contribution in [1.29, 1.82) is 0 Å². The number of aliphatic hydroxyl groups excluding tert-OH is 1. The summed E-state index contributed by atoms with van der Waals surface area (Å²) >= 11 is 0. The molecule has 0 spiro atoms. The molecule has 1 unspecified atom stereocenters. The summed E-state index contributed by atoms with van der Waals surface area (Å²) in [6.45, 7) is 4.81. The lowest BCUT2D eigenvalue weighted by Gasteiger charge is -2.26. The minimum atomic E-state index is -0.858. The highest BCUT2D eigenvalue weighted by Crippen LogP contribution is 2.42. The molecular formula is C31H33NO7. The highest BCUT2D eigenvalue weighted by atomic mass is 16.5. The number of nitrogens with zero attached hydrogens (tertiary/aromatic N) is 1. The van der Waals surface area contributed by atoms with Crippen LogP contribution in [-0.4, -0.2) is 49.6 Å². The number of likely N-dealkylation sites (tertiary alicyclic amines) is 1. The number of rotatable bonds is 10. The van der Waals surface area contributed by atoms with Crippen molar-refractivity contribution in [3.05, 3.63) is 89.0 Å². The maximum absolute atomic E-state index is 13.4. The summed E-state index contributed by atoms with van der Waals surface area (Å²) in [6, 6.07) is 18.4. The fourth-order valence-corrected chi connectivity index (χ4v) is 4.47. The quantitative estimate of drug-likeness (QED) is 0.214. The molecule has 1 atom stereocenters. The molecule has 0 aliphatic carbocycles. The highest BCUT2D eigenvalue weighted by Gasteiger charge is 2.46. The fourth-order valence-electron chi connectivity index (χ4n) is 4.47. The minimum absolute atomic E-state index is 0.00317. The van der Waals surface area contributed by atoms with E-state index < -0.39 is 17.7 Å². The van der Waals surface area contributed by atoms with Gasteiger partial charge in [0.15, 0.2) is 11.5 Å². The Morgan fingerprint density at radius 2 is 1.49 bits per heavy atom. The molecule has 1 aliphatic rings. The largest absolute Gasteiger partial charge is 0.507 e. The van der Waals surface area contributed by atoms with Gasteiger partial charge in [-0.1, -0.05) is 32.0 Å². The van der Waals surface area contributed by atoms with Crippen molar-refractivity contribution in [2.24, 2.45) is 5.92 Å². The molecule has 204 valence electrons. The zero-order valence-electron chi connectivity index (χ0n) is 22.8. The van der Waals surface area contributed by atoms with Crippen LogP contribution >= 0.6 is 0 Å². The van der Waals surface area contributed by atoms with Crippen LogP contribution in [0.1, 0.15) is 36.6 Å². The third kappa shape index (κ3) is 5.85. The van der Waals surface area contributed by atoms with E-state index in [-0.39, 0.29) is 17.9 Å². The van der Waals surface area contributed by atoms with Gasteiger partial charge < -0.3 is 29.0 Å². The van der Waals surface area contributed by atoms with E-state index in [1.165, 1.54) is 19.1 Å². The SMILES string of the molecule is COc1ccc(CN2C(=O)C(=O)/C(=C(\O)c3ccc(OCC(C)C)cc3)C2c2ccc(OC)c(OC)c2)cc1. The maximum Gasteiger partial charge on any atom is 0.295 e. The number of ether oxygens (including phenoxy) is 4. The summed E-state index contributed by atoms with van der Waals surface area (Å²) in [7, 11) is 4.62. The van der Waals surface area contributed by atoms with Gasteiger partial charge in [-0.25, -0.2) is 0 Å². The number of aliphatic hydroxyl groups is 1. The molecule has 1 fully saturated rings. The molecule has 0 radical (unpaired) electrons. The Balaban J connectivity index is 1.79. The Hall–Kier alpha value is -4.46. The van der Waals surface area contributed by atoms with Crippen LogP contribution in [0.3, 0.4) is 0 Å². The number of hydrogen-bond acceptors (Lipinski definition) is 7. The summed E-state index contributed by atoms with van der Waals surface area (Å²) < 4.78 is 21.8. The smallest absolute Gasteiger partial charge is 0.295 e. The van der Waals surface area contributed by atoms with Crippen molar-refractivity contribution in [1.82, 2.24) is 4.90 Å². The molecular weight excluding hydrogens is 498 g/mol. The average molecular weight is 532 g/mol. The molecule has 1 amide bonds. The number of ketones is 1. The number of Topliss-reactive ketones (excluding diaryl/α,β-unsaturated/α-hetero) is 1. The Bertz CT molecular complexity index is 1360. The number of benzene rings is 3. The van der Waals surface area contributed by atoms with Gasteiger partial charge in [0, 0.05) is 12.1 Å². The Kier molecular flexibility index (Phi) is 8.44. The lowest BCUT2D eigenvalue weighted by Crippen LogP contribution is -2.29. The van der Waals surface area contributed by atoms with Gasteiger partial charge in [-0.15, -0.1) is 0 Å². The Labute approximate surface area is 228 Å². The van der Waals surface area contributed by atoms with Gasteiger partial charge in [0.1, 0.15) is 17.3 Å². The molecule has 1 N–H and O–H groups in total. The van der Waals surface area contributed by atoms with Crippen molar-refractivity contribution in [2.45, 2.75) is 26.4 Å². The van der Waals surface area contributed by atoms with Crippen molar-refractivity contribution < 1.29 is 33.6 Å². The van der Waals surface area contributed by atoms with Crippen LogP contribution in [0.4, 0.5) is 0 Å². The molecule has 3 aromatic carbocycles. The van der Waals surface area contributed by atoms with E-state index in [4.69, 9.17) is 18.9 Å². The molecule has 0 saturated carbocycles. The van der Waals surface area contributed by atoms with Gasteiger partial charge in [0.05, 0.1) is 39.6 Å². The summed E-state index contributed by atoms with van der Waals surface area (Å²) in [5.41, 5.74) is 1.80. The molecule has 3 aromatic rings. The normalized spacial score (nSPS) is 16.5. The van der Waals surface area contributed by atoms with Crippen molar-refractivity contribution in [3.63, 3.8) is 0 Å². The molecule has 4 rings (SSSR count). The van der Waals surface area contributed by atoms with E-state index in [0.29, 0.717) is 46.6 Å². The number of amides is 1. The van der Waals surface area contributed by atoms with Gasteiger partial charge in [0.2, 0.25) is 0 Å². The van der Waals surface area contributed by atoms with E-state index in [1.807, 2.05) is 12.1 Å². The van der Waals surface area contributed by atoms with Gasteiger partial charge in [-0.3, -0.25) is 9.59 Å². The first kappa shape index (κ1) is 27.6. The predicted octanol–water partition coefficient (Wildman–Crippen LogP) is 5.37. The van der Waals surface area contributed by atoms with Crippen molar-refractivity contribution in [3.8, 4) is 23.0 Å². The summed E-state index contributed by atoms with van der Waals surface area (Å²) in [5, 5.41) is 11.4. The molecule has 0 bridgehead atoms. The predicted molar refractivity (Wildman–Crippen MR) is 147 cm³/mol. The van der Waals surface area contributed by atoms with Gasteiger partial charge in [-0.2, -0.15) is 0 Å². The van der Waals surface area contributed by atoms with Gasteiger partial charge in [-0.05, 0) is 65.6 Å². The zero-order valence-corrected chi connectivity index (χ0v) is 22.8. The minimum Gasteiger partial charge on any atom is -0.507 e. The first-order valence-electron chi connectivity index (χ1n) is 12.6. The monoisotopic (exact) mass is 531 g/mol. The maximum atomic E-state index is 13.4. The van der Waals surface area contributed by atoms with Crippen LogP contribution in [0.15, 0.2) is 72.3 Å². The van der Waals surface area contributed by atoms with E-state index >= 15 is 0 Å². The number of methoxy groups -OCH3 is 3. The van der Waals surface area contributed by atoms with Crippen molar-refractivity contribution in [2.75, 3.05) is 27.9 Å². The molecule has 1 heterocycles.